The highest BCUT2D eigenvalue weighted by Crippen LogP contribution is 2.19. The Bertz CT molecular complexity index is 760. The second-order valence-electron chi connectivity index (χ2n) is 6.82. The summed E-state index contributed by atoms with van der Waals surface area (Å²) in [4.78, 5) is 26.6. The number of urea groups is 1. The van der Waals surface area contributed by atoms with E-state index in [1.54, 1.807) is 24.3 Å². The fraction of sp³-hybridized carbons (Fsp3) is 0.333. The Balaban J connectivity index is 0.00000280. The molecule has 3 amide bonds. The second-order valence-corrected chi connectivity index (χ2v) is 6.82. The third kappa shape index (κ3) is 5.97. The fourth-order valence-electron chi connectivity index (χ4n) is 3.32. The molecule has 150 valence electrons. The molecule has 1 aliphatic heterocycles. The third-order valence-corrected chi connectivity index (χ3v) is 4.82. The van der Waals surface area contributed by atoms with Crippen molar-refractivity contribution in [2.75, 3.05) is 37.3 Å². The molecule has 0 spiro atoms. The number of anilines is 2. The number of benzene rings is 2. The van der Waals surface area contributed by atoms with Crippen LogP contribution >= 0.6 is 12.4 Å². The first-order chi connectivity index (χ1) is 13.2. The first-order valence-electron chi connectivity index (χ1n) is 9.32. The molecule has 1 aliphatic rings. The second kappa shape index (κ2) is 10.7. The van der Waals surface area contributed by atoms with Crippen molar-refractivity contribution in [2.24, 2.45) is 5.92 Å². The molecule has 2 aromatic rings. The van der Waals surface area contributed by atoms with Crippen molar-refractivity contribution in [3.63, 3.8) is 0 Å². The van der Waals surface area contributed by atoms with Crippen molar-refractivity contribution in [1.82, 2.24) is 10.2 Å². The predicted molar refractivity (Wildman–Crippen MR) is 115 cm³/mol. The molecular formula is C21H27ClN4O2. The SMILES string of the molecule is CNCC1CCN(C(=O)c2ccc(NC(=O)Nc3ccccc3)cc2)CC1.Cl. The molecule has 2 aromatic carbocycles. The molecule has 0 atom stereocenters. The molecule has 0 aliphatic carbocycles. The fourth-order valence-corrected chi connectivity index (χ4v) is 3.32. The molecule has 28 heavy (non-hydrogen) atoms. The van der Waals surface area contributed by atoms with Gasteiger partial charge in [0, 0.05) is 30.0 Å². The lowest BCUT2D eigenvalue weighted by molar-refractivity contribution is 0.0691. The molecule has 0 unspecified atom stereocenters. The van der Waals surface area contributed by atoms with Gasteiger partial charge in [0.15, 0.2) is 0 Å². The minimum Gasteiger partial charge on any atom is -0.339 e. The number of rotatable bonds is 5. The van der Waals surface area contributed by atoms with Gasteiger partial charge in [0.25, 0.3) is 5.91 Å². The number of carbonyl (C=O) groups is 2. The maximum absolute atomic E-state index is 12.6. The van der Waals surface area contributed by atoms with Gasteiger partial charge < -0.3 is 20.9 Å². The number of halogens is 1. The number of nitrogens with zero attached hydrogens (tertiary/aromatic N) is 1. The van der Waals surface area contributed by atoms with Crippen molar-refractivity contribution >= 4 is 35.7 Å². The van der Waals surface area contributed by atoms with Crippen LogP contribution in [0.15, 0.2) is 54.6 Å². The lowest BCUT2D eigenvalue weighted by Crippen LogP contribution is -2.40. The average molecular weight is 403 g/mol. The number of para-hydroxylation sites is 1. The molecular weight excluding hydrogens is 376 g/mol. The Hall–Kier alpha value is -2.57. The molecule has 0 aromatic heterocycles. The minimum absolute atomic E-state index is 0. The van der Waals surface area contributed by atoms with Crippen molar-refractivity contribution < 1.29 is 9.59 Å². The third-order valence-electron chi connectivity index (χ3n) is 4.82. The quantitative estimate of drug-likeness (QED) is 0.711. The van der Waals surface area contributed by atoms with E-state index in [0.29, 0.717) is 17.2 Å². The zero-order valence-corrected chi connectivity index (χ0v) is 16.8. The Kier molecular flexibility index (Phi) is 8.29. The summed E-state index contributed by atoms with van der Waals surface area (Å²) in [6.07, 6.45) is 2.07. The van der Waals surface area contributed by atoms with Crippen molar-refractivity contribution in [3.8, 4) is 0 Å². The van der Waals surface area contributed by atoms with Crippen LogP contribution in [0.1, 0.15) is 23.2 Å². The molecule has 1 heterocycles. The topological polar surface area (TPSA) is 73.5 Å². The van der Waals surface area contributed by atoms with Gasteiger partial charge in [-0.2, -0.15) is 0 Å². The van der Waals surface area contributed by atoms with Gasteiger partial charge in [-0.05, 0) is 68.8 Å². The van der Waals surface area contributed by atoms with E-state index < -0.39 is 0 Å². The summed E-state index contributed by atoms with van der Waals surface area (Å²) in [5, 5.41) is 8.74. The monoisotopic (exact) mass is 402 g/mol. The van der Waals surface area contributed by atoms with Gasteiger partial charge >= 0.3 is 6.03 Å². The van der Waals surface area contributed by atoms with Gasteiger partial charge in [-0.15, -0.1) is 12.4 Å². The van der Waals surface area contributed by atoms with Crippen LogP contribution in [-0.4, -0.2) is 43.5 Å². The Labute approximate surface area is 172 Å². The van der Waals surface area contributed by atoms with Crippen molar-refractivity contribution in [3.05, 3.63) is 60.2 Å². The van der Waals surface area contributed by atoms with Crippen molar-refractivity contribution in [1.29, 1.82) is 0 Å². The van der Waals surface area contributed by atoms with Crippen LogP contribution in [-0.2, 0) is 0 Å². The highest BCUT2D eigenvalue weighted by molar-refractivity contribution is 6.00. The summed E-state index contributed by atoms with van der Waals surface area (Å²) in [5.41, 5.74) is 2.02. The highest BCUT2D eigenvalue weighted by atomic mass is 35.5. The Morgan fingerprint density at radius 2 is 1.50 bits per heavy atom. The molecule has 0 radical (unpaired) electrons. The van der Waals surface area contributed by atoms with Gasteiger partial charge in [0.1, 0.15) is 0 Å². The van der Waals surface area contributed by atoms with E-state index in [2.05, 4.69) is 16.0 Å². The van der Waals surface area contributed by atoms with E-state index in [9.17, 15) is 9.59 Å². The van der Waals surface area contributed by atoms with Crippen LogP contribution in [0.25, 0.3) is 0 Å². The van der Waals surface area contributed by atoms with E-state index in [4.69, 9.17) is 0 Å². The smallest absolute Gasteiger partial charge is 0.323 e. The maximum Gasteiger partial charge on any atom is 0.323 e. The van der Waals surface area contributed by atoms with Crippen LogP contribution < -0.4 is 16.0 Å². The van der Waals surface area contributed by atoms with Gasteiger partial charge in [-0.1, -0.05) is 18.2 Å². The van der Waals surface area contributed by atoms with E-state index >= 15 is 0 Å². The van der Waals surface area contributed by atoms with E-state index in [-0.39, 0.29) is 24.3 Å². The molecule has 1 fully saturated rings. The number of carbonyl (C=O) groups excluding carboxylic acids is 2. The molecule has 7 heteroatoms. The number of piperidine rings is 1. The van der Waals surface area contributed by atoms with Gasteiger partial charge in [-0.3, -0.25) is 4.79 Å². The lowest BCUT2D eigenvalue weighted by atomic mass is 9.96. The first-order valence-corrected chi connectivity index (χ1v) is 9.32. The van der Waals surface area contributed by atoms with Gasteiger partial charge in [0.05, 0.1) is 0 Å². The number of hydrogen-bond acceptors (Lipinski definition) is 3. The summed E-state index contributed by atoms with van der Waals surface area (Å²) in [6.45, 7) is 2.60. The Morgan fingerprint density at radius 3 is 2.07 bits per heavy atom. The molecule has 3 N–H and O–H groups in total. The molecule has 6 nitrogen and oxygen atoms in total. The van der Waals surface area contributed by atoms with Gasteiger partial charge in [0.2, 0.25) is 0 Å². The highest BCUT2D eigenvalue weighted by Gasteiger charge is 2.23. The predicted octanol–water partition coefficient (Wildman–Crippen LogP) is 3.82. The molecule has 1 saturated heterocycles. The molecule has 3 rings (SSSR count). The number of likely N-dealkylation sites (tertiary alicyclic amines) is 1. The number of hydrogen-bond donors (Lipinski definition) is 3. The standard InChI is InChI=1S/C21H26N4O2.ClH/c1-22-15-16-11-13-25(14-12-16)20(26)17-7-9-19(10-8-17)24-21(27)23-18-5-3-2-4-6-18;/h2-10,16,22H,11-15H2,1H3,(H2,23,24,27);1H. The van der Waals surface area contributed by atoms with Crippen LogP contribution in [0.5, 0.6) is 0 Å². The maximum atomic E-state index is 12.6. The van der Waals surface area contributed by atoms with Crippen molar-refractivity contribution in [2.45, 2.75) is 12.8 Å². The minimum atomic E-state index is -0.313. The van der Waals surface area contributed by atoms with Gasteiger partial charge in [-0.25, -0.2) is 4.79 Å². The van der Waals surface area contributed by atoms with Crippen LogP contribution in [0.4, 0.5) is 16.2 Å². The summed E-state index contributed by atoms with van der Waals surface area (Å²) >= 11 is 0. The summed E-state index contributed by atoms with van der Waals surface area (Å²) in [6, 6.07) is 16.0. The summed E-state index contributed by atoms with van der Waals surface area (Å²) < 4.78 is 0. The first kappa shape index (κ1) is 21.7. The molecule has 0 bridgehead atoms. The summed E-state index contributed by atoms with van der Waals surface area (Å²) in [7, 11) is 1.97. The lowest BCUT2D eigenvalue weighted by Gasteiger charge is -2.32. The average Bonchev–Trinajstić information content (AvgIpc) is 2.69. The zero-order chi connectivity index (χ0) is 19.1. The van der Waals surface area contributed by atoms with Crippen LogP contribution in [0, 0.1) is 5.92 Å². The Morgan fingerprint density at radius 1 is 0.929 bits per heavy atom. The zero-order valence-electron chi connectivity index (χ0n) is 16.0. The van der Waals surface area contributed by atoms with E-state index in [1.807, 2.05) is 42.3 Å². The molecule has 0 saturated carbocycles. The van der Waals surface area contributed by atoms with Crippen LogP contribution in [0.3, 0.4) is 0 Å². The largest absolute Gasteiger partial charge is 0.339 e. The van der Waals surface area contributed by atoms with Crippen LogP contribution in [0.2, 0.25) is 0 Å². The summed E-state index contributed by atoms with van der Waals surface area (Å²) in [5.74, 6) is 0.701. The number of nitrogens with one attached hydrogen (secondary N) is 3. The normalized spacial score (nSPS) is 14.1. The number of amides is 3. The van der Waals surface area contributed by atoms with E-state index in [0.717, 1.165) is 38.2 Å². The van der Waals surface area contributed by atoms with E-state index in [1.165, 1.54) is 0 Å².